The quantitative estimate of drug-likeness (QED) is 0.751. The normalized spacial score (nSPS) is 28.1. The van der Waals surface area contributed by atoms with Crippen molar-refractivity contribution >= 4 is 5.91 Å². The van der Waals surface area contributed by atoms with Gasteiger partial charge >= 0.3 is 0 Å². The molecule has 2 aliphatic rings. The molecule has 1 aromatic heterocycles. The molecule has 3 heterocycles. The molecule has 3 rings (SSSR count). The number of likely N-dealkylation sites (tertiary alicyclic amines) is 1. The summed E-state index contributed by atoms with van der Waals surface area (Å²) in [6.07, 6.45) is 5.73. The summed E-state index contributed by atoms with van der Waals surface area (Å²) in [6, 6.07) is 4.64. The minimum atomic E-state index is 0.117. The number of carbonyl (C=O) groups is 1. The zero-order valence-corrected chi connectivity index (χ0v) is 9.10. The number of piperazine rings is 1. The van der Waals surface area contributed by atoms with Crippen molar-refractivity contribution in [1.29, 1.82) is 0 Å². The summed E-state index contributed by atoms with van der Waals surface area (Å²) < 4.78 is 0. The van der Waals surface area contributed by atoms with Gasteiger partial charge in [0.15, 0.2) is 0 Å². The minimum Gasteiger partial charge on any atom is -0.335 e. The van der Waals surface area contributed by atoms with Crippen LogP contribution >= 0.6 is 0 Å². The summed E-state index contributed by atoms with van der Waals surface area (Å²) in [4.78, 5) is 18.1. The first-order valence-electron chi connectivity index (χ1n) is 5.78. The maximum Gasteiger partial charge on any atom is 0.255 e. The molecule has 0 radical (unpaired) electrons. The predicted molar refractivity (Wildman–Crippen MR) is 60.1 cm³/mol. The van der Waals surface area contributed by atoms with Gasteiger partial charge in [-0.3, -0.25) is 9.78 Å². The number of pyridine rings is 1. The van der Waals surface area contributed by atoms with Crippen LogP contribution in [0.4, 0.5) is 0 Å². The van der Waals surface area contributed by atoms with Gasteiger partial charge in [0.2, 0.25) is 0 Å². The molecule has 2 bridgehead atoms. The minimum absolute atomic E-state index is 0.117. The third-order valence-corrected chi connectivity index (χ3v) is 3.41. The molecule has 1 N–H and O–H groups in total. The molecule has 16 heavy (non-hydrogen) atoms. The van der Waals surface area contributed by atoms with Gasteiger partial charge in [0.05, 0.1) is 5.56 Å². The van der Waals surface area contributed by atoms with Gasteiger partial charge in [-0.05, 0) is 25.0 Å². The number of hydrogen-bond acceptors (Lipinski definition) is 3. The van der Waals surface area contributed by atoms with Crippen molar-refractivity contribution in [2.45, 2.75) is 24.9 Å². The Morgan fingerprint density at radius 1 is 1.38 bits per heavy atom. The molecule has 2 saturated heterocycles. The Balaban J connectivity index is 1.76. The van der Waals surface area contributed by atoms with Crippen molar-refractivity contribution in [3.63, 3.8) is 0 Å². The van der Waals surface area contributed by atoms with Gasteiger partial charge in [-0.25, -0.2) is 0 Å². The molecule has 1 aromatic rings. The smallest absolute Gasteiger partial charge is 0.255 e. The molecule has 84 valence electrons. The van der Waals surface area contributed by atoms with Crippen molar-refractivity contribution in [3.8, 4) is 0 Å². The van der Waals surface area contributed by atoms with Gasteiger partial charge in [0, 0.05) is 37.6 Å². The van der Waals surface area contributed by atoms with E-state index in [0.717, 1.165) is 13.1 Å². The van der Waals surface area contributed by atoms with Crippen LogP contribution in [0.3, 0.4) is 0 Å². The third-order valence-electron chi connectivity index (χ3n) is 3.41. The number of rotatable bonds is 1. The van der Waals surface area contributed by atoms with E-state index in [4.69, 9.17) is 0 Å². The molecule has 0 saturated carbocycles. The highest BCUT2D eigenvalue weighted by atomic mass is 16.2. The number of aromatic nitrogens is 1. The molecular formula is C12H15N3O. The molecule has 4 heteroatoms. The van der Waals surface area contributed by atoms with E-state index in [2.05, 4.69) is 10.3 Å². The average molecular weight is 217 g/mol. The largest absolute Gasteiger partial charge is 0.335 e. The number of nitrogens with zero attached hydrogens (tertiary/aromatic N) is 2. The highest BCUT2D eigenvalue weighted by Gasteiger charge is 2.34. The number of fused-ring (bicyclic) bond motifs is 2. The summed E-state index contributed by atoms with van der Waals surface area (Å²) in [7, 11) is 0. The van der Waals surface area contributed by atoms with Gasteiger partial charge in [0.25, 0.3) is 5.91 Å². The third kappa shape index (κ3) is 1.69. The van der Waals surface area contributed by atoms with Crippen LogP contribution in [0.2, 0.25) is 0 Å². The highest BCUT2D eigenvalue weighted by Crippen LogP contribution is 2.21. The Labute approximate surface area is 94.7 Å². The standard InChI is InChI=1S/C12H15N3O/c16-12(9-2-1-5-13-6-9)15-7-10-3-4-11(8-15)14-10/h1-2,5-6,10-11,14H,3-4,7-8H2. The van der Waals surface area contributed by atoms with Crippen LogP contribution in [0, 0.1) is 0 Å². The molecular weight excluding hydrogens is 202 g/mol. The molecule has 0 spiro atoms. The Hall–Kier alpha value is -1.42. The Bertz CT molecular complexity index is 381. The Morgan fingerprint density at radius 2 is 2.12 bits per heavy atom. The molecule has 2 fully saturated rings. The van der Waals surface area contributed by atoms with Crippen LogP contribution in [0.15, 0.2) is 24.5 Å². The lowest BCUT2D eigenvalue weighted by Gasteiger charge is -2.32. The van der Waals surface area contributed by atoms with Gasteiger partial charge in [-0.1, -0.05) is 0 Å². The Kier molecular flexibility index (Phi) is 2.36. The van der Waals surface area contributed by atoms with Crippen LogP contribution in [-0.2, 0) is 0 Å². The number of amides is 1. The summed E-state index contributed by atoms with van der Waals surface area (Å²) in [6.45, 7) is 1.68. The van der Waals surface area contributed by atoms with Crippen LogP contribution < -0.4 is 5.32 Å². The Morgan fingerprint density at radius 3 is 2.75 bits per heavy atom. The van der Waals surface area contributed by atoms with Gasteiger partial charge in [0.1, 0.15) is 0 Å². The van der Waals surface area contributed by atoms with Crippen LogP contribution in [-0.4, -0.2) is 41.0 Å². The summed E-state index contributed by atoms with van der Waals surface area (Å²) >= 11 is 0. The lowest BCUT2D eigenvalue weighted by molar-refractivity contribution is 0.0697. The molecule has 0 aliphatic carbocycles. The number of nitrogens with one attached hydrogen (secondary N) is 1. The fourth-order valence-electron chi connectivity index (χ4n) is 2.63. The summed E-state index contributed by atoms with van der Waals surface area (Å²) in [5.74, 6) is 0.117. The van der Waals surface area contributed by atoms with E-state index in [0.29, 0.717) is 17.6 Å². The monoisotopic (exact) mass is 217 g/mol. The van der Waals surface area contributed by atoms with Crippen LogP contribution in [0.5, 0.6) is 0 Å². The average Bonchev–Trinajstić information content (AvgIpc) is 2.68. The van der Waals surface area contributed by atoms with Crippen molar-refractivity contribution < 1.29 is 4.79 Å². The number of carbonyl (C=O) groups excluding carboxylic acids is 1. The highest BCUT2D eigenvalue weighted by molar-refractivity contribution is 5.94. The molecule has 0 aromatic carbocycles. The number of hydrogen-bond donors (Lipinski definition) is 1. The zero-order chi connectivity index (χ0) is 11.0. The van der Waals surface area contributed by atoms with E-state index >= 15 is 0 Å². The topological polar surface area (TPSA) is 45.2 Å². The second-order valence-corrected chi connectivity index (χ2v) is 4.59. The predicted octanol–water partition coefficient (Wildman–Crippen LogP) is 0.658. The van der Waals surface area contributed by atoms with Crippen molar-refractivity contribution in [1.82, 2.24) is 15.2 Å². The molecule has 2 aliphatic heterocycles. The van der Waals surface area contributed by atoms with E-state index in [1.807, 2.05) is 17.0 Å². The summed E-state index contributed by atoms with van der Waals surface area (Å²) in [5.41, 5.74) is 0.698. The van der Waals surface area contributed by atoms with E-state index < -0.39 is 0 Å². The molecule has 1 amide bonds. The fourth-order valence-corrected chi connectivity index (χ4v) is 2.63. The SMILES string of the molecule is O=C(c1cccnc1)N1CC2CCC(C1)N2. The second-order valence-electron chi connectivity index (χ2n) is 4.59. The van der Waals surface area contributed by atoms with E-state index in [-0.39, 0.29) is 5.91 Å². The van der Waals surface area contributed by atoms with Gasteiger partial charge in [-0.15, -0.1) is 0 Å². The first-order chi connectivity index (χ1) is 7.83. The van der Waals surface area contributed by atoms with Crippen molar-refractivity contribution in [3.05, 3.63) is 30.1 Å². The van der Waals surface area contributed by atoms with Crippen molar-refractivity contribution in [2.24, 2.45) is 0 Å². The first-order valence-corrected chi connectivity index (χ1v) is 5.78. The first kappa shape index (κ1) is 9.78. The van der Waals surface area contributed by atoms with Gasteiger partial charge in [-0.2, -0.15) is 0 Å². The van der Waals surface area contributed by atoms with Gasteiger partial charge < -0.3 is 10.2 Å². The lowest BCUT2D eigenvalue weighted by Crippen LogP contribution is -2.53. The van der Waals surface area contributed by atoms with Crippen molar-refractivity contribution in [2.75, 3.05) is 13.1 Å². The summed E-state index contributed by atoms with van der Waals surface area (Å²) in [5, 5.41) is 3.52. The maximum absolute atomic E-state index is 12.2. The molecule has 2 unspecified atom stereocenters. The fraction of sp³-hybridized carbons (Fsp3) is 0.500. The zero-order valence-electron chi connectivity index (χ0n) is 9.10. The molecule has 4 nitrogen and oxygen atoms in total. The lowest BCUT2D eigenvalue weighted by atomic mass is 10.2. The molecule has 2 atom stereocenters. The van der Waals surface area contributed by atoms with Crippen LogP contribution in [0.1, 0.15) is 23.2 Å². The van der Waals surface area contributed by atoms with Crippen LogP contribution in [0.25, 0.3) is 0 Å². The van der Waals surface area contributed by atoms with E-state index in [1.54, 1.807) is 12.4 Å². The maximum atomic E-state index is 12.2. The second kappa shape index (κ2) is 3.87. The van der Waals surface area contributed by atoms with E-state index in [1.165, 1.54) is 12.8 Å². The van der Waals surface area contributed by atoms with E-state index in [9.17, 15) is 4.79 Å².